The standard InChI is InChI=1S/C24H38O7/c1-7-17(25)30-20(6,9-3)10-19(5,8-2)18(26)31-24-14-21(27)11-22(28,15-24)13-23(29,12-21)16(24)4/h7,16,27-29H,1,8-15H2,2-6H3. The summed E-state index contributed by atoms with van der Waals surface area (Å²) in [4.78, 5) is 25.4. The molecular formula is C24H38O7. The molecule has 0 aromatic carbocycles. The van der Waals surface area contributed by atoms with Gasteiger partial charge in [0.05, 0.1) is 22.2 Å². The monoisotopic (exact) mass is 438 g/mol. The molecule has 0 aromatic heterocycles. The zero-order valence-corrected chi connectivity index (χ0v) is 19.5. The minimum atomic E-state index is -1.28. The van der Waals surface area contributed by atoms with E-state index >= 15 is 0 Å². The van der Waals surface area contributed by atoms with Crippen LogP contribution in [-0.2, 0) is 19.1 Å². The van der Waals surface area contributed by atoms with Crippen molar-refractivity contribution in [2.45, 2.75) is 114 Å². The molecule has 0 heterocycles. The number of esters is 2. The van der Waals surface area contributed by atoms with Crippen LogP contribution in [0.25, 0.3) is 0 Å². The first-order valence-corrected chi connectivity index (χ1v) is 11.4. The molecule has 3 N–H and O–H groups in total. The Balaban J connectivity index is 1.88. The molecule has 0 amide bonds. The van der Waals surface area contributed by atoms with E-state index in [4.69, 9.17) is 9.47 Å². The summed E-state index contributed by atoms with van der Waals surface area (Å²) in [5, 5.41) is 33.3. The van der Waals surface area contributed by atoms with Crippen molar-refractivity contribution in [2.24, 2.45) is 11.3 Å². The van der Waals surface area contributed by atoms with Crippen molar-refractivity contribution in [3.63, 3.8) is 0 Å². The Bertz CT molecular complexity index is 758. The molecule has 5 unspecified atom stereocenters. The summed E-state index contributed by atoms with van der Waals surface area (Å²) in [5.74, 6) is -1.42. The highest BCUT2D eigenvalue weighted by Gasteiger charge is 2.73. The summed E-state index contributed by atoms with van der Waals surface area (Å²) >= 11 is 0. The van der Waals surface area contributed by atoms with Crippen molar-refractivity contribution in [2.75, 3.05) is 0 Å². The smallest absolute Gasteiger partial charge is 0.330 e. The second-order valence-corrected chi connectivity index (χ2v) is 11.1. The molecular weight excluding hydrogens is 400 g/mol. The first kappa shape index (κ1) is 24.2. The first-order chi connectivity index (χ1) is 14.1. The van der Waals surface area contributed by atoms with Crippen LogP contribution in [0, 0.1) is 11.3 Å². The van der Waals surface area contributed by atoms with E-state index in [1.54, 1.807) is 13.8 Å². The van der Waals surface area contributed by atoms with Gasteiger partial charge >= 0.3 is 11.9 Å². The van der Waals surface area contributed by atoms with Crippen molar-refractivity contribution in [3.8, 4) is 0 Å². The van der Waals surface area contributed by atoms with Crippen molar-refractivity contribution in [3.05, 3.63) is 12.7 Å². The quantitative estimate of drug-likeness (QED) is 0.394. The van der Waals surface area contributed by atoms with Gasteiger partial charge in [0.25, 0.3) is 0 Å². The molecule has 4 aliphatic rings. The van der Waals surface area contributed by atoms with E-state index in [2.05, 4.69) is 6.58 Å². The largest absolute Gasteiger partial charge is 0.458 e. The van der Waals surface area contributed by atoms with Crippen LogP contribution in [0.2, 0.25) is 0 Å². The molecule has 5 atom stereocenters. The fraction of sp³-hybridized carbons (Fsp3) is 0.833. The molecule has 0 radical (unpaired) electrons. The Morgan fingerprint density at radius 2 is 1.58 bits per heavy atom. The second-order valence-electron chi connectivity index (χ2n) is 11.1. The van der Waals surface area contributed by atoms with Gasteiger partial charge in [0.15, 0.2) is 0 Å². The van der Waals surface area contributed by atoms with Crippen molar-refractivity contribution < 1.29 is 34.4 Å². The Hall–Kier alpha value is -1.44. The Labute approximate surface area is 184 Å². The summed E-state index contributed by atoms with van der Waals surface area (Å²) in [6.45, 7) is 12.6. The average molecular weight is 439 g/mol. The maximum atomic E-state index is 13.6. The lowest BCUT2D eigenvalue weighted by Gasteiger charge is -2.68. The Morgan fingerprint density at radius 3 is 2.03 bits per heavy atom. The zero-order chi connectivity index (χ0) is 23.5. The van der Waals surface area contributed by atoms with E-state index in [1.807, 2.05) is 20.8 Å². The molecule has 4 rings (SSSR count). The fourth-order valence-electron chi connectivity index (χ4n) is 6.62. The topological polar surface area (TPSA) is 113 Å². The summed E-state index contributed by atoms with van der Waals surface area (Å²) in [5.41, 5.74) is -6.76. The van der Waals surface area contributed by atoms with E-state index in [9.17, 15) is 24.9 Å². The lowest BCUT2D eigenvalue weighted by atomic mass is 9.45. The lowest BCUT2D eigenvalue weighted by Crippen LogP contribution is -2.76. The number of carbonyl (C=O) groups excluding carboxylic acids is 2. The van der Waals surface area contributed by atoms with Crippen LogP contribution in [0.1, 0.15) is 86.0 Å². The summed E-state index contributed by atoms with van der Waals surface area (Å²) in [6.07, 6.45) is 3.28. The van der Waals surface area contributed by atoms with Crippen LogP contribution < -0.4 is 0 Å². The number of aliphatic hydroxyl groups is 3. The number of hydrogen-bond acceptors (Lipinski definition) is 7. The maximum absolute atomic E-state index is 13.6. The minimum absolute atomic E-state index is 0.180. The molecule has 4 fully saturated rings. The molecule has 0 spiro atoms. The van der Waals surface area contributed by atoms with Gasteiger partial charge in [-0.15, -0.1) is 0 Å². The van der Waals surface area contributed by atoms with Crippen LogP contribution in [0.4, 0.5) is 0 Å². The Morgan fingerprint density at radius 1 is 1.03 bits per heavy atom. The molecule has 4 saturated carbocycles. The van der Waals surface area contributed by atoms with Crippen LogP contribution in [0.5, 0.6) is 0 Å². The number of ether oxygens (including phenoxy) is 2. The molecule has 0 saturated heterocycles. The number of carbonyl (C=O) groups is 2. The molecule has 0 aliphatic heterocycles. The predicted molar refractivity (Wildman–Crippen MR) is 114 cm³/mol. The summed E-state index contributed by atoms with van der Waals surface area (Å²) < 4.78 is 11.7. The van der Waals surface area contributed by atoms with Crippen LogP contribution in [0.15, 0.2) is 12.7 Å². The Kier molecular flexibility index (Phi) is 5.69. The lowest BCUT2D eigenvalue weighted by molar-refractivity contribution is -0.327. The van der Waals surface area contributed by atoms with Crippen molar-refractivity contribution >= 4 is 11.9 Å². The van der Waals surface area contributed by atoms with Gasteiger partial charge < -0.3 is 24.8 Å². The van der Waals surface area contributed by atoms with Gasteiger partial charge in [-0.1, -0.05) is 27.4 Å². The van der Waals surface area contributed by atoms with Gasteiger partial charge in [0, 0.05) is 50.5 Å². The third-order valence-electron chi connectivity index (χ3n) is 8.37. The zero-order valence-electron chi connectivity index (χ0n) is 19.5. The number of hydrogen-bond donors (Lipinski definition) is 3. The van der Waals surface area contributed by atoms with Crippen LogP contribution in [-0.4, -0.2) is 55.3 Å². The van der Waals surface area contributed by atoms with E-state index in [0.29, 0.717) is 12.8 Å². The van der Waals surface area contributed by atoms with Crippen molar-refractivity contribution in [1.82, 2.24) is 0 Å². The van der Waals surface area contributed by atoms with Crippen LogP contribution in [0.3, 0.4) is 0 Å². The van der Waals surface area contributed by atoms with Gasteiger partial charge in [0.2, 0.25) is 0 Å². The van der Waals surface area contributed by atoms with Crippen LogP contribution >= 0.6 is 0 Å². The SMILES string of the molecule is C=CC(=O)OC(C)(CC)CC(C)(CC)C(=O)OC12CC3(O)CC(O)(CC(O)(C3)C1C)C2. The minimum Gasteiger partial charge on any atom is -0.458 e. The van der Waals surface area contributed by atoms with E-state index in [1.165, 1.54) is 0 Å². The average Bonchev–Trinajstić information content (AvgIpc) is 2.63. The highest BCUT2D eigenvalue weighted by Crippen LogP contribution is 2.64. The van der Waals surface area contributed by atoms with E-state index in [-0.39, 0.29) is 38.5 Å². The highest BCUT2D eigenvalue weighted by atomic mass is 16.6. The normalized spacial score (nSPS) is 42.4. The third-order valence-corrected chi connectivity index (χ3v) is 8.37. The third kappa shape index (κ3) is 4.05. The molecule has 0 aromatic rings. The first-order valence-electron chi connectivity index (χ1n) is 11.4. The van der Waals surface area contributed by atoms with E-state index < -0.39 is 51.3 Å². The van der Waals surface area contributed by atoms with Gasteiger partial charge in [-0.2, -0.15) is 0 Å². The molecule has 4 aliphatic carbocycles. The summed E-state index contributed by atoms with van der Waals surface area (Å²) in [7, 11) is 0. The molecule has 7 nitrogen and oxygen atoms in total. The molecule has 176 valence electrons. The summed E-state index contributed by atoms with van der Waals surface area (Å²) in [6, 6.07) is 0. The molecule has 7 heteroatoms. The fourth-order valence-corrected chi connectivity index (χ4v) is 6.62. The van der Waals surface area contributed by atoms with Gasteiger partial charge in [-0.3, -0.25) is 4.79 Å². The maximum Gasteiger partial charge on any atom is 0.330 e. The van der Waals surface area contributed by atoms with Gasteiger partial charge in [-0.05, 0) is 26.7 Å². The van der Waals surface area contributed by atoms with Crippen molar-refractivity contribution in [1.29, 1.82) is 0 Å². The number of rotatable bonds is 8. The highest BCUT2D eigenvalue weighted by molar-refractivity contribution is 5.82. The molecule has 31 heavy (non-hydrogen) atoms. The molecule has 4 bridgehead atoms. The van der Waals surface area contributed by atoms with E-state index in [0.717, 1.165) is 6.08 Å². The van der Waals surface area contributed by atoms with Gasteiger partial charge in [0.1, 0.15) is 11.2 Å². The van der Waals surface area contributed by atoms with Gasteiger partial charge in [-0.25, -0.2) is 4.79 Å². The predicted octanol–water partition coefficient (Wildman–Crippen LogP) is 2.79. The second kappa shape index (κ2) is 7.29.